The quantitative estimate of drug-likeness (QED) is 0.865. The SMILES string of the molecule is COc1ccc(C(=O)NC2CCOCC2)cc1. The van der Waals surface area contributed by atoms with Gasteiger partial charge in [0.1, 0.15) is 5.75 Å². The summed E-state index contributed by atoms with van der Waals surface area (Å²) in [5.74, 6) is 0.729. The van der Waals surface area contributed by atoms with Crippen LogP contribution >= 0.6 is 0 Å². The van der Waals surface area contributed by atoms with Gasteiger partial charge in [-0.2, -0.15) is 0 Å². The van der Waals surface area contributed by atoms with Crippen LogP contribution in [0.3, 0.4) is 0 Å². The van der Waals surface area contributed by atoms with E-state index >= 15 is 0 Å². The lowest BCUT2D eigenvalue weighted by molar-refractivity contribution is 0.0696. The Labute approximate surface area is 101 Å². The highest BCUT2D eigenvalue weighted by Crippen LogP contribution is 2.12. The van der Waals surface area contributed by atoms with Crippen molar-refractivity contribution in [3.05, 3.63) is 29.8 Å². The zero-order chi connectivity index (χ0) is 12.1. The Hall–Kier alpha value is -1.55. The third-order valence-electron chi connectivity index (χ3n) is 2.91. The second-order valence-corrected chi connectivity index (χ2v) is 4.09. The van der Waals surface area contributed by atoms with Crippen molar-refractivity contribution in [1.82, 2.24) is 5.32 Å². The summed E-state index contributed by atoms with van der Waals surface area (Å²) >= 11 is 0. The Bertz CT molecular complexity index is 369. The van der Waals surface area contributed by atoms with E-state index in [1.165, 1.54) is 0 Å². The van der Waals surface area contributed by atoms with Crippen molar-refractivity contribution < 1.29 is 14.3 Å². The largest absolute Gasteiger partial charge is 0.497 e. The minimum Gasteiger partial charge on any atom is -0.497 e. The molecule has 1 aromatic rings. The lowest BCUT2D eigenvalue weighted by Crippen LogP contribution is -2.38. The summed E-state index contributed by atoms with van der Waals surface area (Å²) in [5, 5.41) is 3.01. The predicted octanol–water partition coefficient (Wildman–Crippen LogP) is 1.60. The molecule has 0 unspecified atom stereocenters. The van der Waals surface area contributed by atoms with Crippen LogP contribution in [0.5, 0.6) is 5.75 Å². The number of hydrogen-bond donors (Lipinski definition) is 1. The van der Waals surface area contributed by atoms with Gasteiger partial charge in [-0.25, -0.2) is 0 Å². The molecule has 1 aliphatic rings. The molecule has 1 heterocycles. The van der Waals surface area contributed by atoms with Crippen molar-refractivity contribution in [2.75, 3.05) is 20.3 Å². The Kier molecular flexibility index (Phi) is 3.98. The topological polar surface area (TPSA) is 47.6 Å². The molecule has 4 heteroatoms. The highest BCUT2D eigenvalue weighted by molar-refractivity contribution is 5.94. The summed E-state index contributed by atoms with van der Waals surface area (Å²) in [5.41, 5.74) is 0.664. The molecular weight excluding hydrogens is 218 g/mol. The van der Waals surface area contributed by atoms with Crippen LogP contribution in [-0.4, -0.2) is 32.3 Å². The third kappa shape index (κ3) is 3.20. The number of benzene rings is 1. The van der Waals surface area contributed by atoms with Gasteiger partial charge in [0.2, 0.25) is 0 Å². The summed E-state index contributed by atoms with van der Waals surface area (Å²) in [6.07, 6.45) is 1.78. The molecule has 92 valence electrons. The van der Waals surface area contributed by atoms with Gasteiger partial charge < -0.3 is 14.8 Å². The molecule has 0 spiro atoms. The molecule has 2 rings (SSSR count). The number of amides is 1. The van der Waals surface area contributed by atoms with Crippen LogP contribution in [-0.2, 0) is 4.74 Å². The van der Waals surface area contributed by atoms with Crippen molar-refractivity contribution in [3.8, 4) is 5.75 Å². The van der Waals surface area contributed by atoms with Gasteiger partial charge in [-0.1, -0.05) is 0 Å². The third-order valence-corrected chi connectivity index (χ3v) is 2.91. The minimum absolute atomic E-state index is 0.0282. The molecule has 0 bridgehead atoms. The minimum atomic E-state index is -0.0282. The number of carbonyl (C=O) groups is 1. The molecule has 1 fully saturated rings. The first-order valence-electron chi connectivity index (χ1n) is 5.82. The van der Waals surface area contributed by atoms with E-state index in [2.05, 4.69) is 5.32 Å². The lowest BCUT2D eigenvalue weighted by Gasteiger charge is -2.23. The Morgan fingerprint density at radius 3 is 2.53 bits per heavy atom. The summed E-state index contributed by atoms with van der Waals surface area (Å²) in [4.78, 5) is 11.9. The van der Waals surface area contributed by atoms with Gasteiger partial charge in [0, 0.05) is 24.8 Å². The fourth-order valence-electron chi connectivity index (χ4n) is 1.85. The van der Waals surface area contributed by atoms with Gasteiger partial charge in [0.25, 0.3) is 5.91 Å². The summed E-state index contributed by atoms with van der Waals surface area (Å²) in [7, 11) is 1.61. The molecule has 1 aliphatic heterocycles. The number of nitrogens with one attached hydrogen (secondary N) is 1. The Morgan fingerprint density at radius 1 is 1.29 bits per heavy atom. The normalized spacial score (nSPS) is 16.5. The maximum Gasteiger partial charge on any atom is 0.251 e. The maximum absolute atomic E-state index is 11.9. The van der Waals surface area contributed by atoms with Crippen LogP contribution in [0, 0.1) is 0 Å². The molecule has 0 atom stereocenters. The monoisotopic (exact) mass is 235 g/mol. The van der Waals surface area contributed by atoms with E-state index < -0.39 is 0 Å². The van der Waals surface area contributed by atoms with Crippen molar-refractivity contribution >= 4 is 5.91 Å². The number of carbonyl (C=O) groups excluding carboxylic acids is 1. The van der Waals surface area contributed by atoms with Crippen LogP contribution in [0.1, 0.15) is 23.2 Å². The molecule has 0 aromatic heterocycles. The molecule has 1 amide bonds. The smallest absolute Gasteiger partial charge is 0.251 e. The number of methoxy groups -OCH3 is 1. The molecular formula is C13H17NO3. The van der Waals surface area contributed by atoms with E-state index in [0.717, 1.165) is 31.8 Å². The first-order valence-corrected chi connectivity index (χ1v) is 5.82. The number of ether oxygens (including phenoxy) is 2. The van der Waals surface area contributed by atoms with Crippen molar-refractivity contribution in [1.29, 1.82) is 0 Å². The molecule has 17 heavy (non-hydrogen) atoms. The summed E-state index contributed by atoms with van der Waals surface area (Å²) in [6, 6.07) is 7.36. The zero-order valence-corrected chi connectivity index (χ0v) is 9.94. The fraction of sp³-hybridized carbons (Fsp3) is 0.462. The number of rotatable bonds is 3. The molecule has 1 saturated heterocycles. The molecule has 1 aromatic carbocycles. The van der Waals surface area contributed by atoms with Crippen molar-refractivity contribution in [3.63, 3.8) is 0 Å². The maximum atomic E-state index is 11.9. The first kappa shape index (κ1) is 11.9. The average molecular weight is 235 g/mol. The van der Waals surface area contributed by atoms with E-state index in [0.29, 0.717) is 5.56 Å². The van der Waals surface area contributed by atoms with Gasteiger partial charge in [-0.05, 0) is 37.1 Å². The van der Waals surface area contributed by atoms with Crippen LogP contribution in [0.25, 0.3) is 0 Å². The highest BCUT2D eigenvalue weighted by Gasteiger charge is 2.16. The Balaban J connectivity index is 1.93. The van der Waals surface area contributed by atoms with Crippen molar-refractivity contribution in [2.45, 2.75) is 18.9 Å². The van der Waals surface area contributed by atoms with Crippen LogP contribution in [0.2, 0.25) is 0 Å². The van der Waals surface area contributed by atoms with Gasteiger partial charge in [-0.15, -0.1) is 0 Å². The van der Waals surface area contributed by atoms with E-state index in [1.807, 2.05) is 0 Å². The predicted molar refractivity (Wildman–Crippen MR) is 64.3 cm³/mol. The fourth-order valence-corrected chi connectivity index (χ4v) is 1.85. The van der Waals surface area contributed by atoms with Crippen molar-refractivity contribution in [2.24, 2.45) is 0 Å². The molecule has 0 saturated carbocycles. The van der Waals surface area contributed by atoms with Crippen LogP contribution in [0.15, 0.2) is 24.3 Å². The van der Waals surface area contributed by atoms with Crippen LogP contribution < -0.4 is 10.1 Å². The van der Waals surface area contributed by atoms with E-state index in [9.17, 15) is 4.79 Å². The average Bonchev–Trinajstić information content (AvgIpc) is 2.40. The molecule has 0 aliphatic carbocycles. The van der Waals surface area contributed by atoms with Gasteiger partial charge >= 0.3 is 0 Å². The molecule has 4 nitrogen and oxygen atoms in total. The van der Waals surface area contributed by atoms with E-state index in [-0.39, 0.29) is 11.9 Å². The second-order valence-electron chi connectivity index (χ2n) is 4.09. The molecule has 0 radical (unpaired) electrons. The highest BCUT2D eigenvalue weighted by atomic mass is 16.5. The summed E-state index contributed by atoms with van der Waals surface area (Å²) < 4.78 is 10.3. The zero-order valence-electron chi connectivity index (χ0n) is 9.94. The summed E-state index contributed by atoms with van der Waals surface area (Å²) in [6.45, 7) is 1.46. The van der Waals surface area contributed by atoms with E-state index in [4.69, 9.17) is 9.47 Å². The first-order chi connectivity index (χ1) is 8.29. The van der Waals surface area contributed by atoms with E-state index in [1.54, 1.807) is 31.4 Å². The lowest BCUT2D eigenvalue weighted by atomic mass is 10.1. The van der Waals surface area contributed by atoms with Gasteiger partial charge in [-0.3, -0.25) is 4.79 Å². The second kappa shape index (κ2) is 5.68. The Morgan fingerprint density at radius 2 is 1.94 bits per heavy atom. The van der Waals surface area contributed by atoms with Crippen LogP contribution in [0.4, 0.5) is 0 Å². The standard InChI is InChI=1S/C13H17NO3/c1-16-12-4-2-10(3-5-12)13(15)14-11-6-8-17-9-7-11/h2-5,11H,6-9H2,1H3,(H,14,15). The van der Waals surface area contributed by atoms with Gasteiger partial charge in [0.15, 0.2) is 0 Å². The molecule has 1 N–H and O–H groups in total. The van der Waals surface area contributed by atoms with Gasteiger partial charge in [0.05, 0.1) is 7.11 Å². The number of hydrogen-bond acceptors (Lipinski definition) is 3.